The van der Waals surface area contributed by atoms with E-state index in [0.29, 0.717) is 0 Å². The zero-order chi connectivity index (χ0) is 14.7. The Labute approximate surface area is 107 Å². The first kappa shape index (κ1) is 20.5. The third-order valence-electron chi connectivity index (χ3n) is 1.61. The number of phosphoric acid groups is 2. The van der Waals surface area contributed by atoms with Crippen LogP contribution in [0.4, 0.5) is 0 Å². The van der Waals surface area contributed by atoms with Crippen molar-refractivity contribution in [3.63, 3.8) is 0 Å². The molecule has 1 N–H and O–H groups in total. The van der Waals surface area contributed by atoms with E-state index in [9.17, 15) is 28.7 Å². The summed E-state index contributed by atoms with van der Waals surface area (Å²) in [5, 5.41) is 3.39. The maximum absolute atomic E-state index is 9.32. The molecule has 0 heterocycles. The molecular weight excluding hydrogens is 284 g/mol. The Morgan fingerprint density at radius 3 is 1.39 bits per heavy atom. The standard InChI is InChI=1S/C8H19N.H4O7P2/c1-3-5-7-9-8-6-4-2;1-8(2,3)7-9(4,5)6/h9H,3-8H2,1-2H3;(H2,1,2,3)(H2,4,5,6)/p-4. The van der Waals surface area contributed by atoms with Gasteiger partial charge < -0.3 is 38.3 Å². The molecule has 0 radical (unpaired) electrons. The molecule has 0 aliphatic rings. The maximum Gasteiger partial charge on any atom is 0.0655 e. The lowest BCUT2D eigenvalue weighted by atomic mass is 10.3. The van der Waals surface area contributed by atoms with E-state index in [1.165, 1.54) is 38.8 Å². The zero-order valence-electron chi connectivity index (χ0n) is 10.5. The van der Waals surface area contributed by atoms with Crippen molar-refractivity contribution in [3.05, 3.63) is 0 Å². The van der Waals surface area contributed by atoms with Gasteiger partial charge in [-0.25, -0.2) is 0 Å². The van der Waals surface area contributed by atoms with Gasteiger partial charge in [-0.1, -0.05) is 26.7 Å². The highest BCUT2D eigenvalue weighted by Gasteiger charge is 1.92. The van der Waals surface area contributed by atoms with Gasteiger partial charge in [-0.2, -0.15) is 0 Å². The number of nitrogens with one attached hydrogen (secondary N) is 1. The first-order valence-electron chi connectivity index (χ1n) is 5.58. The van der Waals surface area contributed by atoms with E-state index >= 15 is 0 Å². The second-order valence-corrected chi connectivity index (χ2v) is 5.88. The second kappa shape index (κ2) is 11.1. The van der Waals surface area contributed by atoms with Crippen molar-refractivity contribution < 1.29 is 33.0 Å². The van der Waals surface area contributed by atoms with Crippen molar-refractivity contribution in [1.29, 1.82) is 0 Å². The first-order chi connectivity index (χ1) is 8.12. The Balaban J connectivity index is 0. The molecule has 18 heavy (non-hydrogen) atoms. The molecule has 0 spiro atoms. The summed E-state index contributed by atoms with van der Waals surface area (Å²) < 4.78 is 21.2. The van der Waals surface area contributed by atoms with Crippen molar-refractivity contribution >= 4 is 15.6 Å². The minimum Gasteiger partial charge on any atom is -0.790 e. The minimum atomic E-state index is -5.68. The van der Waals surface area contributed by atoms with Gasteiger partial charge in [0.25, 0.3) is 0 Å². The molecular formula is C8H19NO7P2-4. The number of rotatable bonds is 8. The highest BCUT2D eigenvalue weighted by Crippen LogP contribution is 2.42. The molecule has 0 saturated heterocycles. The highest BCUT2D eigenvalue weighted by molar-refractivity contribution is 7.57. The van der Waals surface area contributed by atoms with Crippen LogP contribution in [0.2, 0.25) is 0 Å². The van der Waals surface area contributed by atoms with Gasteiger partial charge in [-0.15, -0.1) is 0 Å². The van der Waals surface area contributed by atoms with Crippen LogP contribution in [0.1, 0.15) is 39.5 Å². The Bertz CT molecular complexity index is 249. The molecule has 0 aromatic rings. The lowest BCUT2D eigenvalue weighted by Crippen LogP contribution is -2.23. The second-order valence-electron chi connectivity index (χ2n) is 3.43. The van der Waals surface area contributed by atoms with Crippen molar-refractivity contribution in [2.45, 2.75) is 39.5 Å². The van der Waals surface area contributed by atoms with Crippen molar-refractivity contribution in [2.24, 2.45) is 0 Å². The first-order valence-corrected chi connectivity index (χ1v) is 8.50. The smallest absolute Gasteiger partial charge is 0.0655 e. The quantitative estimate of drug-likeness (QED) is 0.436. The maximum atomic E-state index is 9.32. The predicted octanol–water partition coefficient (Wildman–Crippen LogP) is -1.16. The minimum absolute atomic E-state index is 1.20. The van der Waals surface area contributed by atoms with Gasteiger partial charge in [0.05, 0.1) is 15.6 Å². The van der Waals surface area contributed by atoms with Gasteiger partial charge in [0.1, 0.15) is 0 Å². The largest absolute Gasteiger partial charge is 0.790 e. The molecule has 0 unspecified atom stereocenters. The van der Waals surface area contributed by atoms with E-state index < -0.39 is 15.6 Å². The fraction of sp³-hybridized carbons (Fsp3) is 1.00. The summed E-state index contributed by atoms with van der Waals surface area (Å²) in [5.41, 5.74) is 0. The van der Waals surface area contributed by atoms with E-state index in [4.69, 9.17) is 0 Å². The fourth-order valence-electron chi connectivity index (χ4n) is 0.851. The van der Waals surface area contributed by atoms with E-state index in [0.717, 1.165) is 0 Å². The number of unbranched alkanes of at least 4 members (excludes halogenated alkanes) is 2. The molecule has 0 aromatic carbocycles. The van der Waals surface area contributed by atoms with E-state index in [2.05, 4.69) is 23.5 Å². The van der Waals surface area contributed by atoms with Crippen LogP contribution in [0, 0.1) is 0 Å². The van der Waals surface area contributed by atoms with E-state index in [-0.39, 0.29) is 0 Å². The third-order valence-corrected chi connectivity index (χ3v) is 3.21. The van der Waals surface area contributed by atoms with Gasteiger partial charge >= 0.3 is 0 Å². The molecule has 0 rings (SSSR count). The Morgan fingerprint density at radius 1 is 0.889 bits per heavy atom. The van der Waals surface area contributed by atoms with Crippen molar-refractivity contribution in [1.82, 2.24) is 5.32 Å². The van der Waals surface area contributed by atoms with Crippen LogP contribution >= 0.6 is 15.6 Å². The van der Waals surface area contributed by atoms with Crippen LogP contribution in [0.5, 0.6) is 0 Å². The van der Waals surface area contributed by atoms with Gasteiger partial charge in [-0.3, -0.25) is 0 Å². The SMILES string of the molecule is CCCCNCCCC.O=P([O-])([O-])OP(=O)([O-])[O-]. The Morgan fingerprint density at radius 2 is 1.22 bits per heavy atom. The summed E-state index contributed by atoms with van der Waals surface area (Å²) in [4.78, 5) is 37.3. The molecule has 10 heteroatoms. The monoisotopic (exact) mass is 303 g/mol. The number of hydrogen-bond donors (Lipinski definition) is 1. The number of hydrogen-bond acceptors (Lipinski definition) is 8. The lowest BCUT2D eigenvalue weighted by Gasteiger charge is -2.39. The summed E-state index contributed by atoms with van der Waals surface area (Å²) in [7, 11) is -11.4. The molecule has 0 aromatic heterocycles. The molecule has 8 nitrogen and oxygen atoms in total. The van der Waals surface area contributed by atoms with Crippen LogP contribution in [-0.4, -0.2) is 13.1 Å². The Kier molecular flexibility index (Phi) is 12.6. The topological polar surface area (TPSA) is 148 Å². The van der Waals surface area contributed by atoms with Crippen LogP contribution in [0.3, 0.4) is 0 Å². The average molecular weight is 303 g/mol. The lowest BCUT2D eigenvalue weighted by molar-refractivity contribution is -0.364. The normalized spacial score (nSPS) is 11.9. The van der Waals surface area contributed by atoms with Crippen LogP contribution in [0.15, 0.2) is 0 Å². The fourth-order valence-corrected chi connectivity index (χ4v) is 1.83. The van der Waals surface area contributed by atoms with Crippen molar-refractivity contribution in [2.75, 3.05) is 13.1 Å². The van der Waals surface area contributed by atoms with Crippen LogP contribution in [-0.2, 0) is 13.4 Å². The zero-order valence-corrected chi connectivity index (χ0v) is 12.3. The molecule has 0 aliphatic carbocycles. The molecule has 0 amide bonds. The molecule has 0 fully saturated rings. The van der Waals surface area contributed by atoms with Gasteiger partial charge in [0, 0.05) is 0 Å². The Hall–Kier alpha value is 0.220. The van der Waals surface area contributed by atoms with Gasteiger partial charge in [-0.05, 0) is 25.9 Å². The van der Waals surface area contributed by atoms with Crippen LogP contribution in [0.25, 0.3) is 0 Å². The molecule has 0 bridgehead atoms. The molecule has 112 valence electrons. The summed E-state index contributed by atoms with van der Waals surface area (Å²) in [6.45, 7) is 6.86. The molecule has 0 aliphatic heterocycles. The van der Waals surface area contributed by atoms with Crippen molar-refractivity contribution in [3.8, 4) is 0 Å². The van der Waals surface area contributed by atoms with E-state index in [1.807, 2.05) is 0 Å². The summed E-state index contributed by atoms with van der Waals surface area (Å²) >= 11 is 0. The highest BCUT2D eigenvalue weighted by atomic mass is 31.3. The molecule has 0 saturated carbocycles. The third kappa shape index (κ3) is 25.2. The van der Waals surface area contributed by atoms with E-state index in [1.54, 1.807) is 0 Å². The summed E-state index contributed by atoms with van der Waals surface area (Å²) in [6.07, 6.45) is 5.26. The molecule has 0 atom stereocenters. The average Bonchev–Trinajstić information content (AvgIpc) is 2.13. The van der Waals surface area contributed by atoms with Crippen LogP contribution < -0.4 is 24.9 Å². The summed E-state index contributed by atoms with van der Waals surface area (Å²) in [6, 6.07) is 0. The van der Waals surface area contributed by atoms with Gasteiger partial charge in [0.2, 0.25) is 0 Å². The summed E-state index contributed by atoms with van der Waals surface area (Å²) in [5.74, 6) is 0. The predicted molar refractivity (Wildman–Crippen MR) is 59.0 cm³/mol. The van der Waals surface area contributed by atoms with Gasteiger partial charge in [0.15, 0.2) is 0 Å².